The van der Waals surface area contributed by atoms with Crippen LogP contribution in [0.4, 0.5) is 0 Å². The predicted molar refractivity (Wildman–Crippen MR) is 73.4 cm³/mol. The van der Waals surface area contributed by atoms with Crippen LogP contribution in [-0.4, -0.2) is 12.1 Å². The van der Waals surface area contributed by atoms with E-state index in [9.17, 15) is 4.79 Å². The average molecular weight is 267 g/mol. The van der Waals surface area contributed by atoms with E-state index in [0.717, 1.165) is 0 Å². The second kappa shape index (κ2) is 6.39. The lowest BCUT2D eigenvalue weighted by Gasteiger charge is -2.11. The van der Waals surface area contributed by atoms with Gasteiger partial charge in [-0.2, -0.15) is 5.26 Å². The summed E-state index contributed by atoms with van der Waals surface area (Å²) < 4.78 is 10.6. The van der Waals surface area contributed by atoms with Crippen LogP contribution in [0.25, 0.3) is 0 Å². The first-order valence-corrected chi connectivity index (χ1v) is 6.13. The fourth-order valence-corrected chi connectivity index (χ4v) is 1.59. The summed E-state index contributed by atoms with van der Waals surface area (Å²) >= 11 is 0. The molecule has 0 unspecified atom stereocenters. The Balaban J connectivity index is 2.23. The smallest absolute Gasteiger partial charge is 0.343 e. The van der Waals surface area contributed by atoms with E-state index < -0.39 is 12.1 Å². The van der Waals surface area contributed by atoms with Gasteiger partial charge in [-0.25, -0.2) is 4.79 Å². The highest BCUT2D eigenvalue weighted by molar-refractivity contribution is 5.92. The van der Waals surface area contributed by atoms with E-state index in [2.05, 4.69) is 0 Å². The Morgan fingerprint density at radius 2 is 1.75 bits per heavy atom. The molecule has 0 saturated heterocycles. The van der Waals surface area contributed by atoms with Crippen molar-refractivity contribution in [3.8, 4) is 17.6 Å². The van der Waals surface area contributed by atoms with E-state index in [4.69, 9.17) is 14.7 Å². The van der Waals surface area contributed by atoms with Crippen LogP contribution in [0.5, 0.6) is 11.5 Å². The second-order valence-electron chi connectivity index (χ2n) is 4.09. The highest BCUT2D eigenvalue weighted by atomic mass is 16.5. The number of carbonyl (C=O) groups is 1. The second-order valence-corrected chi connectivity index (χ2v) is 4.09. The topological polar surface area (TPSA) is 59.3 Å². The zero-order chi connectivity index (χ0) is 14.4. The quantitative estimate of drug-likeness (QED) is 0.795. The number of esters is 1. The van der Waals surface area contributed by atoms with E-state index >= 15 is 0 Å². The van der Waals surface area contributed by atoms with Gasteiger partial charge in [0.1, 0.15) is 23.1 Å². The van der Waals surface area contributed by atoms with Crippen molar-refractivity contribution in [2.75, 3.05) is 0 Å². The summed E-state index contributed by atoms with van der Waals surface area (Å²) in [7, 11) is 0. The van der Waals surface area contributed by atoms with Gasteiger partial charge in [-0.1, -0.05) is 30.3 Å². The van der Waals surface area contributed by atoms with Gasteiger partial charge in [-0.15, -0.1) is 0 Å². The Hall–Kier alpha value is -2.80. The van der Waals surface area contributed by atoms with E-state index in [0.29, 0.717) is 17.1 Å². The summed E-state index contributed by atoms with van der Waals surface area (Å²) in [4.78, 5) is 12.0. The lowest BCUT2D eigenvalue weighted by Crippen LogP contribution is -2.13. The Bertz CT molecular complexity index is 632. The van der Waals surface area contributed by atoms with Crippen molar-refractivity contribution < 1.29 is 14.3 Å². The van der Waals surface area contributed by atoms with Crippen molar-refractivity contribution in [1.29, 1.82) is 5.26 Å². The third kappa shape index (κ3) is 3.36. The fraction of sp³-hybridized carbons (Fsp3) is 0.125. The molecule has 4 nitrogen and oxygen atoms in total. The van der Waals surface area contributed by atoms with Crippen molar-refractivity contribution in [3.05, 3.63) is 60.2 Å². The number of carbonyl (C=O) groups excluding carboxylic acids is 1. The number of para-hydroxylation sites is 2. The van der Waals surface area contributed by atoms with Crippen LogP contribution in [0.3, 0.4) is 0 Å². The fourth-order valence-electron chi connectivity index (χ4n) is 1.59. The van der Waals surface area contributed by atoms with Crippen LogP contribution in [0.15, 0.2) is 54.6 Å². The Kier molecular flexibility index (Phi) is 4.35. The summed E-state index contributed by atoms with van der Waals surface area (Å²) in [5.41, 5.74) is 0.290. The van der Waals surface area contributed by atoms with Crippen molar-refractivity contribution >= 4 is 5.97 Å². The molecule has 0 heterocycles. The Morgan fingerprint density at radius 3 is 2.45 bits per heavy atom. The molecule has 2 rings (SSSR count). The van der Waals surface area contributed by atoms with Gasteiger partial charge in [0.25, 0.3) is 0 Å². The normalized spacial score (nSPS) is 11.2. The molecule has 20 heavy (non-hydrogen) atoms. The van der Waals surface area contributed by atoms with Crippen molar-refractivity contribution in [2.24, 2.45) is 0 Å². The van der Waals surface area contributed by atoms with Crippen LogP contribution in [-0.2, 0) is 4.74 Å². The highest BCUT2D eigenvalue weighted by Crippen LogP contribution is 2.25. The molecular weight excluding hydrogens is 254 g/mol. The molecule has 0 radical (unpaired) electrons. The lowest BCUT2D eigenvalue weighted by molar-refractivity contribution is 0.0432. The molecule has 0 saturated carbocycles. The third-order valence-electron chi connectivity index (χ3n) is 2.54. The molecule has 2 aromatic carbocycles. The summed E-state index contributed by atoms with van der Waals surface area (Å²) in [5.74, 6) is 0.445. The largest absolute Gasteiger partial charge is 0.456 e. The number of hydrogen-bond acceptors (Lipinski definition) is 4. The minimum Gasteiger partial charge on any atom is -0.456 e. The molecule has 0 N–H and O–H groups in total. The molecule has 1 atom stereocenters. The maximum Gasteiger partial charge on any atom is 0.343 e. The van der Waals surface area contributed by atoms with Gasteiger partial charge in [0.05, 0.1) is 0 Å². The van der Waals surface area contributed by atoms with Crippen LogP contribution in [0.1, 0.15) is 17.3 Å². The van der Waals surface area contributed by atoms with Gasteiger partial charge >= 0.3 is 5.97 Å². The van der Waals surface area contributed by atoms with Crippen LogP contribution < -0.4 is 4.74 Å². The van der Waals surface area contributed by atoms with Crippen LogP contribution in [0, 0.1) is 11.3 Å². The maximum atomic E-state index is 12.0. The molecule has 4 heteroatoms. The summed E-state index contributed by atoms with van der Waals surface area (Å²) in [6.45, 7) is 1.51. The molecule has 0 amide bonds. The van der Waals surface area contributed by atoms with Gasteiger partial charge in [0, 0.05) is 0 Å². The molecule has 2 aromatic rings. The molecule has 0 aliphatic carbocycles. The van der Waals surface area contributed by atoms with Crippen molar-refractivity contribution in [2.45, 2.75) is 13.0 Å². The van der Waals surface area contributed by atoms with Gasteiger partial charge in [-0.3, -0.25) is 0 Å². The molecule has 0 aliphatic heterocycles. The molecule has 0 fully saturated rings. The number of hydrogen-bond donors (Lipinski definition) is 0. The number of rotatable bonds is 4. The van der Waals surface area contributed by atoms with E-state index in [1.165, 1.54) is 6.92 Å². The third-order valence-corrected chi connectivity index (χ3v) is 2.54. The highest BCUT2D eigenvalue weighted by Gasteiger charge is 2.16. The monoisotopic (exact) mass is 267 g/mol. The molecule has 0 aromatic heterocycles. The number of benzene rings is 2. The van der Waals surface area contributed by atoms with Crippen molar-refractivity contribution in [3.63, 3.8) is 0 Å². The zero-order valence-electron chi connectivity index (χ0n) is 10.9. The minimum atomic E-state index is -0.799. The predicted octanol–water partition coefficient (Wildman–Crippen LogP) is 3.55. The summed E-state index contributed by atoms with van der Waals surface area (Å²) in [6.07, 6.45) is -0.799. The molecule has 0 aliphatic rings. The summed E-state index contributed by atoms with van der Waals surface area (Å²) in [5, 5.41) is 8.68. The maximum absolute atomic E-state index is 12.0. The van der Waals surface area contributed by atoms with Gasteiger partial charge in [0.15, 0.2) is 6.10 Å². The van der Waals surface area contributed by atoms with E-state index in [-0.39, 0.29) is 0 Å². The first-order chi connectivity index (χ1) is 9.70. The van der Waals surface area contributed by atoms with Gasteiger partial charge < -0.3 is 9.47 Å². The zero-order valence-corrected chi connectivity index (χ0v) is 10.9. The first-order valence-electron chi connectivity index (χ1n) is 6.13. The first kappa shape index (κ1) is 13.6. The minimum absolute atomic E-state index is 0.290. The van der Waals surface area contributed by atoms with Crippen LogP contribution >= 0.6 is 0 Å². The number of ether oxygens (including phenoxy) is 2. The summed E-state index contributed by atoms with van der Waals surface area (Å²) in [6, 6.07) is 17.8. The van der Waals surface area contributed by atoms with Crippen LogP contribution in [0.2, 0.25) is 0 Å². The molecule has 100 valence electrons. The number of nitriles is 1. The average Bonchev–Trinajstić information content (AvgIpc) is 2.48. The lowest BCUT2D eigenvalue weighted by atomic mass is 10.2. The van der Waals surface area contributed by atoms with E-state index in [1.54, 1.807) is 36.4 Å². The molecule has 0 bridgehead atoms. The van der Waals surface area contributed by atoms with Gasteiger partial charge in [-0.05, 0) is 31.2 Å². The molecular formula is C16H13NO3. The Labute approximate surface area is 117 Å². The standard InChI is InChI=1S/C16H13NO3/c1-12(11-17)19-16(18)14-9-5-6-10-15(14)20-13-7-3-2-4-8-13/h2-10,12H,1H3/t12-/m0/s1. The number of nitrogens with zero attached hydrogens (tertiary/aromatic N) is 1. The van der Waals surface area contributed by atoms with Crippen molar-refractivity contribution in [1.82, 2.24) is 0 Å². The molecule has 0 spiro atoms. The Morgan fingerprint density at radius 1 is 1.10 bits per heavy atom. The van der Waals surface area contributed by atoms with E-state index in [1.807, 2.05) is 24.3 Å². The SMILES string of the molecule is C[C@@H](C#N)OC(=O)c1ccccc1Oc1ccccc1. The van der Waals surface area contributed by atoms with Gasteiger partial charge in [0.2, 0.25) is 0 Å².